The van der Waals surface area contributed by atoms with E-state index in [2.05, 4.69) is 20.4 Å². The highest BCUT2D eigenvalue weighted by Crippen LogP contribution is 2.38. The molecule has 0 aromatic carbocycles. The number of carbonyl (C=O) groups is 1. The zero-order chi connectivity index (χ0) is 21.0. The lowest BCUT2D eigenvalue weighted by atomic mass is 9.98. The average molecular weight is 413 g/mol. The van der Waals surface area contributed by atoms with Gasteiger partial charge in [0.2, 0.25) is 0 Å². The van der Waals surface area contributed by atoms with Crippen LogP contribution in [0.1, 0.15) is 47.4 Å². The Morgan fingerprint density at radius 2 is 2.20 bits per heavy atom. The molecule has 0 radical (unpaired) electrons. The number of alkyl halides is 1. The number of nitrogens with zero attached hydrogens (tertiary/aromatic N) is 5. The van der Waals surface area contributed by atoms with Crippen molar-refractivity contribution >= 4 is 23.2 Å². The molecule has 2 bridgehead atoms. The van der Waals surface area contributed by atoms with E-state index in [0.29, 0.717) is 35.6 Å². The average Bonchev–Trinajstić information content (AvgIpc) is 3.24. The van der Waals surface area contributed by atoms with E-state index in [-0.39, 0.29) is 36.3 Å². The van der Waals surface area contributed by atoms with Crippen molar-refractivity contribution in [1.82, 2.24) is 24.9 Å². The molecule has 1 amide bonds. The molecule has 2 aliphatic rings. The van der Waals surface area contributed by atoms with Crippen LogP contribution in [0.5, 0.6) is 0 Å². The van der Waals surface area contributed by atoms with Crippen molar-refractivity contribution in [2.45, 2.75) is 44.4 Å². The maximum absolute atomic E-state index is 14.5. The molecule has 5 rings (SSSR count). The monoisotopic (exact) mass is 413 g/mol. The zero-order valence-electron chi connectivity index (χ0n) is 16.3. The Morgan fingerprint density at radius 1 is 1.37 bits per heavy atom. The number of nitrogens with one attached hydrogen (secondary N) is 1. The van der Waals surface area contributed by atoms with Gasteiger partial charge in [-0.25, -0.2) is 18.3 Å². The maximum atomic E-state index is 14.5. The molecule has 8 nitrogen and oxygen atoms in total. The van der Waals surface area contributed by atoms with Gasteiger partial charge in [0.15, 0.2) is 11.5 Å². The van der Waals surface area contributed by atoms with E-state index >= 15 is 0 Å². The van der Waals surface area contributed by atoms with Gasteiger partial charge < -0.3 is 16.0 Å². The molecule has 1 saturated heterocycles. The van der Waals surface area contributed by atoms with Crippen molar-refractivity contribution in [2.24, 2.45) is 0 Å². The van der Waals surface area contributed by atoms with Gasteiger partial charge in [0, 0.05) is 24.4 Å². The quantitative estimate of drug-likeness (QED) is 0.586. The van der Waals surface area contributed by atoms with E-state index in [1.165, 1.54) is 16.8 Å². The highest BCUT2D eigenvalue weighted by atomic mass is 19.1. The molecule has 0 saturated carbocycles. The van der Waals surface area contributed by atoms with Crippen LogP contribution in [0.25, 0.3) is 5.65 Å². The van der Waals surface area contributed by atoms with E-state index in [1.54, 1.807) is 17.2 Å². The summed E-state index contributed by atoms with van der Waals surface area (Å²) in [4.78, 5) is 23.6. The third-order valence-corrected chi connectivity index (χ3v) is 5.79. The van der Waals surface area contributed by atoms with Crippen LogP contribution in [0.4, 0.5) is 20.4 Å². The molecule has 5 heterocycles. The van der Waals surface area contributed by atoms with E-state index in [9.17, 15) is 13.6 Å². The van der Waals surface area contributed by atoms with Crippen LogP contribution in [0.2, 0.25) is 0 Å². The van der Waals surface area contributed by atoms with Gasteiger partial charge in [-0.3, -0.25) is 9.78 Å². The highest BCUT2D eigenvalue weighted by Gasteiger charge is 2.36. The van der Waals surface area contributed by atoms with Crippen LogP contribution in [0.3, 0.4) is 0 Å². The number of nitrogens with two attached hydrogens (primary N) is 1. The smallest absolute Gasteiger partial charge is 0.259 e. The predicted molar refractivity (Wildman–Crippen MR) is 106 cm³/mol. The summed E-state index contributed by atoms with van der Waals surface area (Å²) in [5.41, 5.74) is 7.84. The number of pyridine rings is 1. The number of amides is 1. The molecule has 10 heteroatoms. The molecule has 30 heavy (non-hydrogen) atoms. The predicted octanol–water partition coefficient (Wildman–Crippen LogP) is 2.20. The first kappa shape index (κ1) is 18.7. The van der Waals surface area contributed by atoms with Crippen molar-refractivity contribution in [3.8, 4) is 0 Å². The number of nitrogen functional groups attached to an aromatic ring is 1. The molecule has 3 aromatic heterocycles. The SMILES string of the molecule is CC1CCc2ncc(F)cc2C2C[C@@H](F)CN2c2ccn3nc(N)c(c3n2)C(=O)N1. The minimum atomic E-state index is -1.09. The van der Waals surface area contributed by atoms with Crippen molar-refractivity contribution in [3.05, 3.63) is 47.2 Å². The fourth-order valence-electron chi connectivity index (χ4n) is 4.35. The summed E-state index contributed by atoms with van der Waals surface area (Å²) < 4.78 is 30.1. The molecule has 1 fully saturated rings. The summed E-state index contributed by atoms with van der Waals surface area (Å²) >= 11 is 0. The van der Waals surface area contributed by atoms with Gasteiger partial charge in [-0.1, -0.05) is 0 Å². The number of hydrogen-bond acceptors (Lipinski definition) is 6. The Bertz CT molecular complexity index is 1150. The van der Waals surface area contributed by atoms with Crippen LogP contribution < -0.4 is 16.0 Å². The van der Waals surface area contributed by atoms with E-state index in [1.807, 2.05) is 6.92 Å². The standard InChI is InChI=1S/C20H21F2N7O/c1-10-2-3-14-13(6-11(21)8-24-14)15-7-12(22)9-28(15)16-4-5-29-19(26-16)17(18(23)27-29)20(30)25-10/h4-6,8,10,12,15H,2-3,7,9H2,1H3,(H2,23,27)(H,25,30)/t10?,12-,15?/m1/s1. The summed E-state index contributed by atoms with van der Waals surface area (Å²) in [6, 6.07) is 2.53. The Morgan fingerprint density at radius 3 is 3.03 bits per heavy atom. The zero-order valence-corrected chi connectivity index (χ0v) is 16.3. The van der Waals surface area contributed by atoms with Gasteiger partial charge in [-0.2, -0.15) is 0 Å². The molecule has 0 spiro atoms. The lowest BCUT2D eigenvalue weighted by Crippen LogP contribution is -2.33. The highest BCUT2D eigenvalue weighted by molar-refractivity contribution is 6.04. The van der Waals surface area contributed by atoms with Gasteiger partial charge in [-0.15, -0.1) is 5.10 Å². The second kappa shape index (κ2) is 6.89. The number of fused-ring (bicyclic) bond motifs is 5. The summed E-state index contributed by atoms with van der Waals surface area (Å²) in [5, 5.41) is 7.10. The molecule has 2 aliphatic heterocycles. The van der Waals surface area contributed by atoms with E-state index < -0.39 is 18.0 Å². The lowest BCUT2D eigenvalue weighted by molar-refractivity contribution is 0.0940. The van der Waals surface area contributed by atoms with Crippen LogP contribution in [0.15, 0.2) is 24.5 Å². The van der Waals surface area contributed by atoms with Crippen molar-refractivity contribution < 1.29 is 13.6 Å². The summed E-state index contributed by atoms with van der Waals surface area (Å²) in [7, 11) is 0. The molecule has 2 unspecified atom stereocenters. The molecular formula is C20H21F2N7O. The largest absolute Gasteiger partial charge is 0.381 e. The maximum Gasteiger partial charge on any atom is 0.259 e. The lowest BCUT2D eigenvalue weighted by Gasteiger charge is -2.27. The minimum Gasteiger partial charge on any atom is -0.381 e. The van der Waals surface area contributed by atoms with Gasteiger partial charge in [0.1, 0.15) is 23.4 Å². The Labute approximate surface area is 171 Å². The summed E-state index contributed by atoms with van der Waals surface area (Å²) in [6.07, 6.45) is 3.04. The van der Waals surface area contributed by atoms with Crippen LogP contribution in [-0.4, -0.2) is 44.2 Å². The first-order valence-corrected chi connectivity index (χ1v) is 9.91. The minimum absolute atomic E-state index is 0.0765. The number of carbonyl (C=O) groups excluding carboxylic acids is 1. The molecule has 3 atom stereocenters. The van der Waals surface area contributed by atoms with Crippen LogP contribution in [0, 0.1) is 5.82 Å². The first-order chi connectivity index (χ1) is 14.4. The third-order valence-electron chi connectivity index (χ3n) is 5.79. The van der Waals surface area contributed by atoms with E-state index in [0.717, 1.165) is 0 Å². The molecule has 156 valence electrons. The van der Waals surface area contributed by atoms with Crippen molar-refractivity contribution in [3.63, 3.8) is 0 Å². The normalized spacial score (nSPS) is 24.0. The van der Waals surface area contributed by atoms with E-state index in [4.69, 9.17) is 5.73 Å². The number of anilines is 2. The fourth-order valence-corrected chi connectivity index (χ4v) is 4.35. The number of halogens is 2. The number of aryl methyl sites for hydroxylation is 1. The van der Waals surface area contributed by atoms with Crippen LogP contribution >= 0.6 is 0 Å². The third kappa shape index (κ3) is 3.03. The number of hydrogen-bond donors (Lipinski definition) is 2. The summed E-state index contributed by atoms with van der Waals surface area (Å²) in [5.74, 6) is -0.278. The molecule has 3 aromatic rings. The number of aromatic nitrogens is 4. The van der Waals surface area contributed by atoms with Gasteiger partial charge in [0.05, 0.1) is 18.8 Å². The Kier molecular flexibility index (Phi) is 4.30. The number of rotatable bonds is 0. The molecule has 3 N–H and O–H groups in total. The van der Waals surface area contributed by atoms with Gasteiger partial charge >= 0.3 is 0 Å². The molecule has 0 aliphatic carbocycles. The van der Waals surface area contributed by atoms with Gasteiger partial charge in [-0.05, 0) is 37.5 Å². The van der Waals surface area contributed by atoms with Gasteiger partial charge in [0.25, 0.3) is 5.91 Å². The Hall–Kier alpha value is -3.30. The first-order valence-electron chi connectivity index (χ1n) is 9.91. The summed E-state index contributed by atoms with van der Waals surface area (Å²) in [6.45, 7) is 1.99. The topological polar surface area (TPSA) is 101 Å². The molecular weight excluding hydrogens is 392 g/mol. The second-order valence-electron chi connectivity index (χ2n) is 7.92. The van der Waals surface area contributed by atoms with Crippen LogP contribution in [-0.2, 0) is 6.42 Å². The fraction of sp³-hybridized carbons (Fsp3) is 0.400. The second-order valence-corrected chi connectivity index (χ2v) is 7.92. The Balaban J connectivity index is 1.72. The van der Waals surface area contributed by atoms with Crippen molar-refractivity contribution in [2.75, 3.05) is 17.2 Å². The van der Waals surface area contributed by atoms with Crippen molar-refractivity contribution in [1.29, 1.82) is 0 Å².